The molecule has 1 aromatic rings. The van der Waals surface area contributed by atoms with Crippen molar-refractivity contribution in [1.29, 1.82) is 0 Å². The Labute approximate surface area is 136 Å². The number of hydrogen-bond acceptors (Lipinski definition) is 3. The maximum Gasteiger partial charge on any atom is 0.246 e. The van der Waals surface area contributed by atoms with Gasteiger partial charge in [0.1, 0.15) is 10.6 Å². The number of alkyl halides is 1. The van der Waals surface area contributed by atoms with Crippen molar-refractivity contribution in [2.24, 2.45) is 5.92 Å². The molecule has 0 amide bonds. The highest BCUT2D eigenvalue weighted by Gasteiger charge is 2.32. The number of rotatable bonds is 4. The summed E-state index contributed by atoms with van der Waals surface area (Å²) in [6.45, 7) is 3.10. The second kappa shape index (κ2) is 6.73. The Morgan fingerprint density at radius 1 is 1.43 bits per heavy atom. The summed E-state index contributed by atoms with van der Waals surface area (Å²) in [6, 6.07) is 3.07. The molecule has 0 radical (unpaired) electrons. The average Bonchev–Trinajstić information content (AvgIpc) is 2.46. The quantitative estimate of drug-likeness (QED) is 0.779. The van der Waals surface area contributed by atoms with Crippen molar-refractivity contribution in [3.63, 3.8) is 0 Å². The van der Waals surface area contributed by atoms with Gasteiger partial charge in [-0.3, -0.25) is 0 Å². The first kappa shape index (κ1) is 16.9. The lowest BCUT2D eigenvalue weighted by atomic mass is 10.0. The van der Waals surface area contributed by atoms with Gasteiger partial charge in [-0.2, -0.15) is 4.31 Å². The molecular formula is C14H19Cl2NO3S. The fraction of sp³-hybridized carbons (Fsp3) is 0.571. The highest BCUT2D eigenvalue weighted by molar-refractivity contribution is 7.89. The van der Waals surface area contributed by atoms with Crippen LogP contribution in [0, 0.1) is 5.92 Å². The van der Waals surface area contributed by atoms with Gasteiger partial charge >= 0.3 is 0 Å². The maximum absolute atomic E-state index is 12.9. The zero-order chi connectivity index (χ0) is 15.6. The maximum atomic E-state index is 12.9. The van der Waals surface area contributed by atoms with Gasteiger partial charge in [0.05, 0.1) is 13.0 Å². The van der Waals surface area contributed by atoms with E-state index in [-0.39, 0.29) is 16.5 Å². The standard InChI is InChI=1S/C14H19Cl2NO3S/c1-10-4-3-5-17(9-10)21(18,19)13-7-12(16)6-11(8-15)14(13)20-2/h6-7,10H,3-5,8-9H2,1-2H3. The van der Waals surface area contributed by atoms with Crippen LogP contribution in [0.15, 0.2) is 17.0 Å². The Morgan fingerprint density at radius 3 is 2.71 bits per heavy atom. The highest BCUT2D eigenvalue weighted by atomic mass is 35.5. The monoisotopic (exact) mass is 351 g/mol. The predicted octanol–water partition coefficient (Wildman–Crippen LogP) is 3.51. The van der Waals surface area contributed by atoms with Gasteiger partial charge in [-0.15, -0.1) is 11.6 Å². The largest absolute Gasteiger partial charge is 0.495 e. The minimum absolute atomic E-state index is 0.0993. The summed E-state index contributed by atoms with van der Waals surface area (Å²) < 4.78 is 32.5. The molecule has 7 heteroatoms. The van der Waals surface area contributed by atoms with Crippen LogP contribution < -0.4 is 4.74 Å². The van der Waals surface area contributed by atoms with Gasteiger partial charge in [0.2, 0.25) is 10.0 Å². The molecule has 1 saturated heterocycles. The Bertz CT molecular complexity index is 619. The molecule has 0 aromatic heterocycles. The molecular weight excluding hydrogens is 333 g/mol. The predicted molar refractivity (Wildman–Crippen MR) is 84.7 cm³/mol. The summed E-state index contributed by atoms with van der Waals surface area (Å²) >= 11 is 11.9. The minimum Gasteiger partial charge on any atom is -0.495 e. The molecule has 1 aliphatic heterocycles. The van der Waals surface area contributed by atoms with Crippen LogP contribution in [0.5, 0.6) is 5.75 Å². The average molecular weight is 352 g/mol. The SMILES string of the molecule is COc1c(CCl)cc(Cl)cc1S(=O)(=O)N1CCCC(C)C1. The molecule has 1 fully saturated rings. The van der Waals surface area contributed by atoms with Crippen LogP contribution >= 0.6 is 23.2 Å². The van der Waals surface area contributed by atoms with Crippen molar-refractivity contribution in [3.8, 4) is 5.75 Å². The Kier molecular flexibility index (Phi) is 5.41. The number of halogens is 2. The van der Waals surface area contributed by atoms with E-state index in [1.165, 1.54) is 17.5 Å². The van der Waals surface area contributed by atoms with E-state index in [4.69, 9.17) is 27.9 Å². The van der Waals surface area contributed by atoms with E-state index >= 15 is 0 Å². The molecule has 0 aliphatic carbocycles. The van der Waals surface area contributed by atoms with E-state index in [2.05, 4.69) is 6.92 Å². The van der Waals surface area contributed by atoms with Gasteiger partial charge in [0.25, 0.3) is 0 Å². The first-order chi connectivity index (χ1) is 9.90. The van der Waals surface area contributed by atoms with Crippen LogP contribution in [0.25, 0.3) is 0 Å². The Balaban J connectivity index is 2.51. The second-order valence-corrected chi connectivity index (χ2v) is 7.95. The molecule has 21 heavy (non-hydrogen) atoms. The number of methoxy groups -OCH3 is 1. The number of benzene rings is 1. The Morgan fingerprint density at radius 2 is 2.14 bits per heavy atom. The van der Waals surface area contributed by atoms with E-state index in [1.54, 1.807) is 6.07 Å². The molecule has 0 spiro atoms. The lowest BCUT2D eigenvalue weighted by molar-refractivity contribution is 0.280. The zero-order valence-electron chi connectivity index (χ0n) is 12.1. The number of nitrogens with zero attached hydrogens (tertiary/aromatic N) is 1. The van der Waals surface area contributed by atoms with E-state index in [9.17, 15) is 8.42 Å². The summed E-state index contributed by atoms with van der Waals surface area (Å²) in [6.07, 6.45) is 1.91. The first-order valence-corrected chi connectivity index (χ1v) is 9.18. The molecule has 1 unspecified atom stereocenters. The fourth-order valence-electron chi connectivity index (χ4n) is 2.65. The molecule has 1 atom stereocenters. The van der Waals surface area contributed by atoms with Crippen molar-refractivity contribution in [3.05, 3.63) is 22.7 Å². The van der Waals surface area contributed by atoms with Gasteiger partial charge in [-0.25, -0.2) is 8.42 Å². The van der Waals surface area contributed by atoms with Crippen LogP contribution in [0.1, 0.15) is 25.3 Å². The van der Waals surface area contributed by atoms with Gasteiger partial charge < -0.3 is 4.74 Å². The molecule has 4 nitrogen and oxygen atoms in total. The Hall–Kier alpha value is -0.490. The van der Waals surface area contributed by atoms with E-state index in [0.29, 0.717) is 29.6 Å². The molecule has 0 saturated carbocycles. The van der Waals surface area contributed by atoms with Crippen LogP contribution in [0.4, 0.5) is 0 Å². The van der Waals surface area contributed by atoms with Crippen LogP contribution in [-0.2, 0) is 15.9 Å². The lowest BCUT2D eigenvalue weighted by Gasteiger charge is -2.30. The van der Waals surface area contributed by atoms with Crippen molar-refractivity contribution in [1.82, 2.24) is 4.31 Å². The zero-order valence-corrected chi connectivity index (χ0v) is 14.4. The highest BCUT2D eigenvalue weighted by Crippen LogP contribution is 2.35. The topological polar surface area (TPSA) is 46.6 Å². The summed E-state index contributed by atoms with van der Waals surface area (Å²) in [5.74, 6) is 0.779. The molecule has 0 bridgehead atoms. The number of piperidine rings is 1. The van der Waals surface area contributed by atoms with Crippen molar-refractivity contribution >= 4 is 33.2 Å². The summed E-state index contributed by atoms with van der Waals surface area (Å²) in [5.41, 5.74) is 0.579. The third-order valence-electron chi connectivity index (χ3n) is 3.68. The summed E-state index contributed by atoms with van der Waals surface area (Å²) in [5, 5.41) is 0.343. The first-order valence-electron chi connectivity index (χ1n) is 6.82. The minimum atomic E-state index is -3.63. The molecule has 118 valence electrons. The summed E-state index contributed by atoms with van der Waals surface area (Å²) in [4.78, 5) is 0.0993. The van der Waals surface area contributed by atoms with E-state index in [1.807, 2.05) is 0 Å². The number of sulfonamides is 1. The normalized spacial score (nSPS) is 20.5. The van der Waals surface area contributed by atoms with E-state index in [0.717, 1.165) is 12.8 Å². The van der Waals surface area contributed by atoms with Crippen molar-refractivity contribution in [2.45, 2.75) is 30.5 Å². The fourth-order valence-corrected chi connectivity index (χ4v) is 4.98. The van der Waals surface area contributed by atoms with Crippen LogP contribution in [0.2, 0.25) is 5.02 Å². The second-order valence-electron chi connectivity index (χ2n) is 5.34. The smallest absolute Gasteiger partial charge is 0.246 e. The van der Waals surface area contributed by atoms with Crippen molar-refractivity contribution in [2.75, 3.05) is 20.2 Å². The van der Waals surface area contributed by atoms with Gasteiger partial charge in [-0.1, -0.05) is 18.5 Å². The van der Waals surface area contributed by atoms with Crippen LogP contribution in [-0.4, -0.2) is 32.9 Å². The third kappa shape index (κ3) is 3.47. The molecule has 2 rings (SSSR count). The molecule has 0 N–H and O–H groups in total. The molecule has 1 aliphatic rings. The van der Waals surface area contributed by atoms with Gasteiger partial charge in [-0.05, 0) is 30.9 Å². The number of hydrogen-bond donors (Lipinski definition) is 0. The number of ether oxygens (including phenoxy) is 1. The lowest BCUT2D eigenvalue weighted by Crippen LogP contribution is -2.39. The van der Waals surface area contributed by atoms with Gasteiger partial charge in [0, 0.05) is 23.7 Å². The van der Waals surface area contributed by atoms with Crippen molar-refractivity contribution < 1.29 is 13.2 Å². The van der Waals surface area contributed by atoms with E-state index < -0.39 is 10.0 Å². The molecule has 1 aromatic carbocycles. The van der Waals surface area contributed by atoms with Gasteiger partial charge in [0.15, 0.2) is 0 Å². The van der Waals surface area contributed by atoms with Crippen LogP contribution in [0.3, 0.4) is 0 Å². The third-order valence-corrected chi connectivity index (χ3v) is 6.06. The summed E-state index contributed by atoms with van der Waals surface area (Å²) in [7, 11) is -2.19. The molecule has 1 heterocycles.